The zero-order valence-electron chi connectivity index (χ0n) is 11.3. The van der Waals surface area contributed by atoms with Crippen LogP contribution in [0.15, 0.2) is 22.8 Å². The first kappa shape index (κ1) is 15.1. The Morgan fingerprint density at radius 3 is 2.67 bits per heavy atom. The van der Waals surface area contributed by atoms with Crippen LogP contribution in [0.25, 0.3) is 0 Å². The molecular formula is C13H20BrN3O. The number of likely N-dealkylation sites (N-methyl/N-ethyl adjacent to an activating group) is 1. The van der Waals surface area contributed by atoms with E-state index in [0.717, 1.165) is 11.0 Å². The molecule has 1 atom stereocenters. The molecular weight excluding hydrogens is 294 g/mol. The Hall–Kier alpha value is -0.940. The number of hydrogen-bond donors (Lipinski definition) is 1. The largest absolute Gasteiger partial charge is 0.346 e. The van der Waals surface area contributed by atoms with Crippen LogP contribution in [0, 0.1) is 5.92 Å². The van der Waals surface area contributed by atoms with Crippen molar-refractivity contribution in [2.45, 2.75) is 19.9 Å². The zero-order valence-corrected chi connectivity index (χ0v) is 12.9. The van der Waals surface area contributed by atoms with Crippen LogP contribution in [-0.2, 0) is 0 Å². The molecule has 1 amide bonds. The average molecular weight is 314 g/mol. The van der Waals surface area contributed by atoms with E-state index < -0.39 is 0 Å². The molecule has 18 heavy (non-hydrogen) atoms. The van der Waals surface area contributed by atoms with E-state index in [1.807, 2.05) is 20.2 Å². The topological polar surface area (TPSA) is 45.2 Å². The van der Waals surface area contributed by atoms with Gasteiger partial charge in [0.25, 0.3) is 5.91 Å². The first-order valence-electron chi connectivity index (χ1n) is 5.98. The van der Waals surface area contributed by atoms with Gasteiger partial charge in [-0.05, 0) is 48.1 Å². The van der Waals surface area contributed by atoms with Gasteiger partial charge in [0, 0.05) is 23.3 Å². The Bertz CT molecular complexity index is 407. The summed E-state index contributed by atoms with van der Waals surface area (Å²) in [6, 6.07) is 3.72. The molecule has 0 aliphatic carbocycles. The number of aromatic nitrogens is 1. The van der Waals surface area contributed by atoms with Crippen LogP contribution in [0.1, 0.15) is 24.3 Å². The standard InChI is InChI=1S/C13H20BrN3O/c1-9(2)11(8-17(3)4)16-13(18)12-10(14)6-5-7-15-12/h5-7,9,11H,8H2,1-4H3,(H,16,18). The van der Waals surface area contributed by atoms with Gasteiger partial charge in [0.15, 0.2) is 0 Å². The summed E-state index contributed by atoms with van der Waals surface area (Å²) >= 11 is 3.34. The number of carbonyl (C=O) groups excluding carboxylic acids is 1. The Morgan fingerprint density at radius 2 is 2.17 bits per heavy atom. The fourth-order valence-corrected chi connectivity index (χ4v) is 2.04. The zero-order chi connectivity index (χ0) is 13.7. The average Bonchev–Trinajstić information content (AvgIpc) is 2.27. The minimum absolute atomic E-state index is 0.112. The molecule has 1 aromatic heterocycles. The highest BCUT2D eigenvalue weighted by Crippen LogP contribution is 2.14. The molecule has 0 aromatic carbocycles. The van der Waals surface area contributed by atoms with Crippen LogP contribution >= 0.6 is 15.9 Å². The van der Waals surface area contributed by atoms with E-state index in [2.05, 4.69) is 45.0 Å². The summed E-state index contributed by atoms with van der Waals surface area (Å²) in [5.41, 5.74) is 0.432. The van der Waals surface area contributed by atoms with Crippen molar-refractivity contribution in [2.24, 2.45) is 5.92 Å². The normalized spacial score (nSPS) is 12.8. The molecule has 0 aliphatic heterocycles. The van der Waals surface area contributed by atoms with E-state index >= 15 is 0 Å². The monoisotopic (exact) mass is 313 g/mol. The minimum Gasteiger partial charge on any atom is -0.346 e. The van der Waals surface area contributed by atoms with E-state index in [4.69, 9.17) is 0 Å². The van der Waals surface area contributed by atoms with Crippen LogP contribution in [0.3, 0.4) is 0 Å². The maximum absolute atomic E-state index is 12.1. The predicted octanol–water partition coefficient (Wildman–Crippen LogP) is 2.16. The summed E-state index contributed by atoms with van der Waals surface area (Å²) in [5.74, 6) is 0.238. The van der Waals surface area contributed by atoms with Gasteiger partial charge in [0.1, 0.15) is 5.69 Å². The molecule has 0 saturated heterocycles. The fraction of sp³-hybridized carbons (Fsp3) is 0.538. The number of hydrogen-bond acceptors (Lipinski definition) is 3. The van der Waals surface area contributed by atoms with E-state index in [-0.39, 0.29) is 11.9 Å². The molecule has 0 radical (unpaired) electrons. The fourth-order valence-electron chi connectivity index (χ4n) is 1.61. The molecule has 1 aromatic rings. The van der Waals surface area contributed by atoms with Crippen molar-refractivity contribution in [3.63, 3.8) is 0 Å². The molecule has 1 heterocycles. The quantitative estimate of drug-likeness (QED) is 0.906. The van der Waals surface area contributed by atoms with E-state index in [9.17, 15) is 4.79 Å². The van der Waals surface area contributed by atoms with Crippen molar-refractivity contribution in [3.05, 3.63) is 28.5 Å². The summed E-state index contributed by atoms with van der Waals surface area (Å²) < 4.78 is 0.717. The SMILES string of the molecule is CC(C)C(CN(C)C)NC(=O)c1ncccc1Br. The Kier molecular flexibility index (Phi) is 5.75. The molecule has 1 N–H and O–H groups in total. The van der Waals surface area contributed by atoms with Crippen LogP contribution < -0.4 is 5.32 Å². The van der Waals surface area contributed by atoms with Crippen molar-refractivity contribution in [1.82, 2.24) is 15.2 Å². The van der Waals surface area contributed by atoms with Gasteiger partial charge in [-0.2, -0.15) is 0 Å². The first-order chi connectivity index (χ1) is 8.41. The molecule has 0 bridgehead atoms. The number of carbonyl (C=O) groups is 1. The minimum atomic E-state index is -0.136. The molecule has 0 spiro atoms. The first-order valence-corrected chi connectivity index (χ1v) is 6.77. The number of halogens is 1. The Labute approximate surface area is 117 Å². The molecule has 0 fully saturated rings. The molecule has 100 valence electrons. The number of nitrogens with zero attached hydrogens (tertiary/aromatic N) is 2. The smallest absolute Gasteiger partial charge is 0.271 e. The third kappa shape index (κ3) is 4.38. The van der Waals surface area contributed by atoms with E-state index in [0.29, 0.717) is 11.6 Å². The molecule has 1 rings (SSSR count). The molecule has 5 heteroatoms. The molecule has 4 nitrogen and oxygen atoms in total. The lowest BCUT2D eigenvalue weighted by Gasteiger charge is -2.25. The maximum Gasteiger partial charge on any atom is 0.271 e. The summed E-state index contributed by atoms with van der Waals surface area (Å²) in [7, 11) is 4.00. The van der Waals surface area contributed by atoms with Crippen LogP contribution in [0.5, 0.6) is 0 Å². The van der Waals surface area contributed by atoms with Gasteiger partial charge in [-0.15, -0.1) is 0 Å². The second kappa shape index (κ2) is 6.85. The van der Waals surface area contributed by atoms with E-state index in [1.54, 1.807) is 12.3 Å². The number of pyridine rings is 1. The molecule has 0 saturated carbocycles. The molecule has 1 unspecified atom stereocenters. The van der Waals surface area contributed by atoms with Gasteiger partial charge in [-0.1, -0.05) is 13.8 Å². The van der Waals surface area contributed by atoms with E-state index in [1.165, 1.54) is 0 Å². The third-order valence-electron chi connectivity index (χ3n) is 2.66. The second-order valence-electron chi connectivity index (χ2n) is 4.92. The van der Waals surface area contributed by atoms with Crippen molar-refractivity contribution < 1.29 is 4.79 Å². The summed E-state index contributed by atoms with van der Waals surface area (Å²) in [4.78, 5) is 18.3. The lowest BCUT2D eigenvalue weighted by Crippen LogP contribution is -2.45. The highest BCUT2D eigenvalue weighted by molar-refractivity contribution is 9.10. The number of rotatable bonds is 5. The van der Waals surface area contributed by atoms with Gasteiger partial charge >= 0.3 is 0 Å². The van der Waals surface area contributed by atoms with Crippen molar-refractivity contribution in [2.75, 3.05) is 20.6 Å². The molecule has 0 aliphatic rings. The van der Waals surface area contributed by atoms with Crippen molar-refractivity contribution >= 4 is 21.8 Å². The summed E-state index contributed by atoms with van der Waals surface area (Å²) in [6.07, 6.45) is 1.62. The van der Waals surface area contributed by atoms with Crippen LogP contribution in [0.4, 0.5) is 0 Å². The van der Waals surface area contributed by atoms with Gasteiger partial charge in [-0.3, -0.25) is 4.79 Å². The van der Waals surface area contributed by atoms with Crippen molar-refractivity contribution in [1.29, 1.82) is 0 Å². The lowest BCUT2D eigenvalue weighted by atomic mass is 10.0. The van der Waals surface area contributed by atoms with Gasteiger partial charge < -0.3 is 10.2 Å². The maximum atomic E-state index is 12.1. The Balaban J connectivity index is 2.76. The second-order valence-corrected chi connectivity index (χ2v) is 5.77. The van der Waals surface area contributed by atoms with Crippen LogP contribution in [-0.4, -0.2) is 42.5 Å². The predicted molar refractivity (Wildman–Crippen MR) is 76.6 cm³/mol. The highest BCUT2D eigenvalue weighted by Gasteiger charge is 2.19. The van der Waals surface area contributed by atoms with Gasteiger partial charge in [0.2, 0.25) is 0 Å². The van der Waals surface area contributed by atoms with Gasteiger partial charge in [-0.25, -0.2) is 4.98 Å². The lowest BCUT2D eigenvalue weighted by molar-refractivity contribution is 0.0910. The van der Waals surface area contributed by atoms with Crippen molar-refractivity contribution in [3.8, 4) is 0 Å². The number of amides is 1. The summed E-state index contributed by atoms with van der Waals surface area (Å²) in [6.45, 7) is 5.01. The Morgan fingerprint density at radius 1 is 1.50 bits per heavy atom. The third-order valence-corrected chi connectivity index (χ3v) is 3.30. The summed E-state index contributed by atoms with van der Waals surface area (Å²) in [5, 5.41) is 3.03. The van der Waals surface area contributed by atoms with Crippen LogP contribution in [0.2, 0.25) is 0 Å². The highest BCUT2D eigenvalue weighted by atomic mass is 79.9. The van der Waals surface area contributed by atoms with Gasteiger partial charge in [0.05, 0.1) is 0 Å². The number of nitrogens with one attached hydrogen (secondary N) is 1.